The molecule has 2 N–H and O–H groups in total. The van der Waals surface area contributed by atoms with Crippen molar-refractivity contribution in [3.63, 3.8) is 0 Å². The van der Waals surface area contributed by atoms with Crippen molar-refractivity contribution < 1.29 is 18.0 Å². The molecule has 3 rings (SSSR count). The van der Waals surface area contributed by atoms with E-state index in [9.17, 15) is 18.0 Å². The Balaban J connectivity index is 1.56. The number of carbonyl (C=O) groups excluding carboxylic acids is 2. The lowest BCUT2D eigenvalue weighted by atomic mass is 10.2. The van der Waals surface area contributed by atoms with Gasteiger partial charge in [-0.05, 0) is 62.2 Å². The molecule has 2 aromatic carbocycles. The second kappa shape index (κ2) is 10.1. The molecule has 0 spiro atoms. The number of carbonyl (C=O) groups is 2. The molecule has 1 unspecified atom stereocenters. The number of benzene rings is 2. The first kappa shape index (κ1) is 23.7. The van der Waals surface area contributed by atoms with Crippen molar-refractivity contribution in [1.29, 1.82) is 0 Å². The van der Waals surface area contributed by atoms with Crippen LogP contribution in [0.25, 0.3) is 0 Å². The summed E-state index contributed by atoms with van der Waals surface area (Å²) in [6.07, 6.45) is 0.685. The molecule has 0 bridgehead atoms. The van der Waals surface area contributed by atoms with Crippen LogP contribution in [0.3, 0.4) is 0 Å². The number of nitrogens with zero attached hydrogens (tertiary/aromatic N) is 2. The molecular formula is C23H30N4O4S. The van der Waals surface area contributed by atoms with Crippen LogP contribution in [0.1, 0.15) is 36.2 Å². The maximum atomic E-state index is 12.8. The number of urea groups is 1. The van der Waals surface area contributed by atoms with Crippen LogP contribution in [-0.4, -0.2) is 62.4 Å². The smallest absolute Gasteiger partial charge is 0.321 e. The normalized spacial score (nSPS) is 15.3. The van der Waals surface area contributed by atoms with Crippen molar-refractivity contribution in [3.8, 4) is 0 Å². The predicted octanol–water partition coefficient (Wildman–Crippen LogP) is 3.06. The van der Waals surface area contributed by atoms with Crippen molar-refractivity contribution in [2.45, 2.75) is 38.1 Å². The van der Waals surface area contributed by atoms with E-state index in [-0.39, 0.29) is 22.9 Å². The molecule has 0 radical (unpaired) electrons. The zero-order valence-corrected chi connectivity index (χ0v) is 19.5. The summed E-state index contributed by atoms with van der Waals surface area (Å²) in [5.41, 5.74) is 2.23. The quantitative estimate of drug-likeness (QED) is 0.695. The van der Waals surface area contributed by atoms with Crippen LogP contribution >= 0.6 is 0 Å². The van der Waals surface area contributed by atoms with Crippen LogP contribution in [0.2, 0.25) is 0 Å². The van der Waals surface area contributed by atoms with E-state index < -0.39 is 10.0 Å². The Morgan fingerprint density at radius 2 is 1.62 bits per heavy atom. The molecular weight excluding hydrogens is 428 g/mol. The number of piperazine rings is 1. The van der Waals surface area contributed by atoms with Gasteiger partial charge in [-0.25, -0.2) is 17.9 Å². The number of aryl methyl sites for hydroxylation is 1. The van der Waals surface area contributed by atoms with Gasteiger partial charge in [0.25, 0.3) is 5.91 Å². The van der Waals surface area contributed by atoms with Gasteiger partial charge in [0.05, 0.1) is 4.90 Å². The highest BCUT2D eigenvalue weighted by Gasteiger charge is 2.25. The maximum Gasteiger partial charge on any atom is 0.321 e. The van der Waals surface area contributed by atoms with Crippen LogP contribution < -0.4 is 10.0 Å². The predicted molar refractivity (Wildman–Crippen MR) is 124 cm³/mol. The molecule has 32 heavy (non-hydrogen) atoms. The summed E-state index contributed by atoms with van der Waals surface area (Å²) in [5.74, 6) is -0.178. The monoisotopic (exact) mass is 458 g/mol. The fourth-order valence-corrected chi connectivity index (χ4v) is 4.74. The second-order valence-corrected chi connectivity index (χ2v) is 9.75. The van der Waals surface area contributed by atoms with Crippen molar-refractivity contribution in [3.05, 3.63) is 59.7 Å². The van der Waals surface area contributed by atoms with Gasteiger partial charge in [0.1, 0.15) is 0 Å². The van der Waals surface area contributed by atoms with Gasteiger partial charge in [-0.3, -0.25) is 4.79 Å². The molecule has 172 valence electrons. The summed E-state index contributed by atoms with van der Waals surface area (Å²) >= 11 is 0. The lowest BCUT2D eigenvalue weighted by Gasteiger charge is -2.34. The number of hydrogen-bond acceptors (Lipinski definition) is 4. The van der Waals surface area contributed by atoms with Crippen molar-refractivity contribution in [1.82, 2.24) is 14.5 Å². The van der Waals surface area contributed by atoms with Crippen molar-refractivity contribution in [2.75, 3.05) is 31.5 Å². The van der Waals surface area contributed by atoms with E-state index in [1.807, 2.05) is 38.1 Å². The molecule has 0 aromatic heterocycles. The van der Waals surface area contributed by atoms with Crippen LogP contribution in [0.4, 0.5) is 10.5 Å². The summed E-state index contributed by atoms with van der Waals surface area (Å²) in [6, 6.07) is 13.2. The first-order valence-electron chi connectivity index (χ1n) is 10.7. The topological polar surface area (TPSA) is 98.8 Å². The largest absolute Gasteiger partial charge is 0.335 e. The summed E-state index contributed by atoms with van der Waals surface area (Å²) in [5, 5.41) is 2.89. The van der Waals surface area contributed by atoms with E-state index in [1.165, 1.54) is 24.3 Å². The molecule has 1 fully saturated rings. The highest BCUT2D eigenvalue weighted by Crippen LogP contribution is 2.16. The molecule has 2 aromatic rings. The summed E-state index contributed by atoms with van der Waals surface area (Å²) in [6.45, 7) is 7.34. The van der Waals surface area contributed by atoms with E-state index in [0.29, 0.717) is 38.2 Å². The van der Waals surface area contributed by atoms with E-state index in [2.05, 4.69) is 10.0 Å². The maximum absolute atomic E-state index is 12.8. The Kier molecular flexibility index (Phi) is 7.52. The SMILES string of the molecule is CCC(C)NS(=O)(=O)c1ccc(C(=O)N2CCN(C(=O)Nc3cccc(C)c3)CC2)cc1. The summed E-state index contributed by atoms with van der Waals surface area (Å²) < 4.78 is 27.4. The van der Waals surface area contributed by atoms with Gasteiger partial charge in [0.2, 0.25) is 10.0 Å². The number of hydrogen-bond donors (Lipinski definition) is 2. The second-order valence-electron chi connectivity index (χ2n) is 8.03. The van der Waals surface area contributed by atoms with Gasteiger partial charge in [-0.1, -0.05) is 19.1 Å². The van der Waals surface area contributed by atoms with Gasteiger partial charge in [0, 0.05) is 43.5 Å². The average molecular weight is 459 g/mol. The first-order valence-corrected chi connectivity index (χ1v) is 12.2. The van der Waals surface area contributed by atoms with Crippen molar-refractivity contribution in [2.24, 2.45) is 0 Å². The minimum absolute atomic E-state index is 0.131. The molecule has 8 nitrogen and oxygen atoms in total. The lowest BCUT2D eigenvalue weighted by Crippen LogP contribution is -2.51. The lowest BCUT2D eigenvalue weighted by molar-refractivity contribution is 0.0671. The number of amides is 3. The van der Waals surface area contributed by atoms with Crippen LogP contribution in [0.15, 0.2) is 53.4 Å². The number of rotatable bonds is 6. The van der Waals surface area contributed by atoms with E-state index in [4.69, 9.17) is 0 Å². The Bertz CT molecular complexity index is 1060. The molecule has 0 aliphatic carbocycles. The van der Waals surface area contributed by atoms with Gasteiger partial charge >= 0.3 is 6.03 Å². The molecule has 1 heterocycles. The number of nitrogens with one attached hydrogen (secondary N) is 2. The fraction of sp³-hybridized carbons (Fsp3) is 0.391. The molecule has 3 amide bonds. The van der Waals surface area contributed by atoms with Crippen LogP contribution in [-0.2, 0) is 10.0 Å². The molecule has 1 saturated heterocycles. The van der Waals surface area contributed by atoms with Gasteiger partial charge in [-0.15, -0.1) is 0 Å². The Hall–Kier alpha value is -2.91. The van der Waals surface area contributed by atoms with Crippen molar-refractivity contribution >= 4 is 27.6 Å². The molecule has 1 aliphatic heterocycles. The zero-order chi connectivity index (χ0) is 23.3. The third-order valence-electron chi connectivity index (χ3n) is 5.50. The third-order valence-corrected chi connectivity index (χ3v) is 7.11. The van der Waals surface area contributed by atoms with E-state index in [0.717, 1.165) is 11.3 Å². The molecule has 9 heteroatoms. The fourth-order valence-electron chi connectivity index (χ4n) is 3.41. The molecule has 1 aliphatic rings. The minimum Gasteiger partial charge on any atom is -0.335 e. The Labute approximate surface area is 189 Å². The summed E-state index contributed by atoms with van der Waals surface area (Å²) in [7, 11) is -3.61. The van der Waals surface area contributed by atoms with E-state index in [1.54, 1.807) is 16.7 Å². The van der Waals surface area contributed by atoms with E-state index >= 15 is 0 Å². The van der Waals surface area contributed by atoms with Crippen LogP contribution in [0.5, 0.6) is 0 Å². The van der Waals surface area contributed by atoms with Gasteiger partial charge in [-0.2, -0.15) is 0 Å². The summed E-state index contributed by atoms with van der Waals surface area (Å²) in [4.78, 5) is 28.8. The molecule has 0 saturated carbocycles. The number of sulfonamides is 1. The molecule has 1 atom stereocenters. The average Bonchev–Trinajstić information content (AvgIpc) is 2.78. The first-order chi connectivity index (χ1) is 15.2. The van der Waals surface area contributed by atoms with Gasteiger partial charge in [0.15, 0.2) is 0 Å². The standard InChI is InChI=1S/C23H30N4O4S/c1-4-18(3)25-32(30,31)21-10-8-19(9-11-21)22(28)26-12-14-27(15-13-26)23(29)24-20-7-5-6-17(2)16-20/h5-11,16,18,25H,4,12-15H2,1-3H3,(H,24,29). The third kappa shape index (κ3) is 5.86. The highest BCUT2D eigenvalue weighted by molar-refractivity contribution is 7.89. The van der Waals surface area contributed by atoms with Gasteiger partial charge < -0.3 is 15.1 Å². The van der Waals surface area contributed by atoms with Crippen LogP contribution in [0, 0.1) is 6.92 Å². The zero-order valence-electron chi connectivity index (χ0n) is 18.7. The Morgan fingerprint density at radius 3 is 2.22 bits per heavy atom. The number of anilines is 1. The Morgan fingerprint density at radius 1 is 1.00 bits per heavy atom. The highest BCUT2D eigenvalue weighted by atomic mass is 32.2. The minimum atomic E-state index is -3.61.